The van der Waals surface area contributed by atoms with Gasteiger partial charge in [-0.3, -0.25) is 20.0 Å². The Kier molecular flexibility index (Phi) is 5.88. The third kappa shape index (κ3) is 3.40. The highest BCUT2D eigenvalue weighted by molar-refractivity contribution is 5.81. The number of nitrogens with two attached hydrogens (primary N) is 1. The van der Waals surface area contributed by atoms with Gasteiger partial charge in [0.25, 0.3) is 5.91 Å². The van der Waals surface area contributed by atoms with E-state index in [1.165, 1.54) is 0 Å². The zero-order chi connectivity index (χ0) is 12.8. The van der Waals surface area contributed by atoms with Crippen LogP contribution in [0.15, 0.2) is 0 Å². The molecule has 5 nitrogen and oxygen atoms in total. The minimum Gasteiger partial charge on any atom is -0.300 e. The lowest BCUT2D eigenvalue weighted by molar-refractivity contribution is -0.126. The number of amides is 1. The first kappa shape index (κ1) is 14.4. The van der Waals surface area contributed by atoms with Gasteiger partial charge in [-0.1, -0.05) is 20.8 Å². The van der Waals surface area contributed by atoms with Crippen molar-refractivity contribution in [3.8, 4) is 0 Å². The number of carbonyl (C=O) groups excluding carboxylic acids is 1. The van der Waals surface area contributed by atoms with Gasteiger partial charge < -0.3 is 0 Å². The van der Waals surface area contributed by atoms with E-state index in [1.807, 2.05) is 6.92 Å². The summed E-state index contributed by atoms with van der Waals surface area (Å²) in [5.74, 6) is 5.16. The molecule has 100 valence electrons. The molecular formula is C12H26N4O. The Balaban J connectivity index is 2.56. The van der Waals surface area contributed by atoms with E-state index < -0.39 is 0 Å². The third-order valence-corrected chi connectivity index (χ3v) is 3.80. The Bertz CT molecular complexity index is 243. The van der Waals surface area contributed by atoms with Crippen molar-refractivity contribution in [2.45, 2.75) is 45.7 Å². The summed E-state index contributed by atoms with van der Waals surface area (Å²) >= 11 is 0. The highest BCUT2D eigenvalue weighted by Crippen LogP contribution is 2.19. The smallest absolute Gasteiger partial charge is 0.251 e. The molecule has 0 aromatic heterocycles. The van der Waals surface area contributed by atoms with E-state index in [0.717, 1.165) is 39.0 Å². The minimum atomic E-state index is -0.0689. The van der Waals surface area contributed by atoms with Crippen molar-refractivity contribution in [3.63, 3.8) is 0 Å². The molecule has 0 aliphatic carbocycles. The van der Waals surface area contributed by atoms with Crippen molar-refractivity contribution >= 4 is 5.91 Å². The SMILES string of the molecule is CCC(C(=O)NN)N1CCC(N(CC)CC)C1. The van der Waals surface area contributed by atoms with Crippen LogP contribution in [0.25, 0.3) is 0 Å². The zero-order valence-electron chi connectivity index (χ0n) is 11.3. The molecule has 0 bridgehead atoms. The Morgan fingerprint density at radius 1 is 1.47 bits per heavy atom. The fourth-order valence-corrected chi connectivity index (χ4v) is 2.79. The topological polar surface area (TPSA) is 61.6 Å². The number of carbonyl (C=O) groups is 1. The Hall–Kier alpha value is -0.650. The lowest BCUT2D eigenvalue weighted by Crippen LogP contribution is -2.49. The molecule has 1 fully saturated rings. The van der Waals surface area contributed by atoms with Crippen molar-refractivity contribution in [3.05, 3.63) is 0 Å². The molecule has 1 saturated heterocycles. The molecule has 2 unspecified atom stereocenters. The van der Waals surface area contributed by atoms with Gasteiger partial charge in [-0.05, 0) is 25.9 Å². The van der Waals surface area contributed by atoms with Gasteiger partial charge in [-0.15, -0.1) is 0 Å². The lowest BCUT2D eigenvalue weighted by Gasteiger charge is -2.28. The maximum absolute atomic E-state index is 11.7. The zero-order valence-corrected chi connectivity index (χ0v) is 11.3. The molecule has 0 aromatic carbocycles. The number of nitrogens with zero attached hydrogens (tertiary/aromatic N) is 2. The van der Waals surface area contributed by atoms with Crippen LogP contribution in [0.4, 0.5) is 0 Å². The van der Waals surface area contributed by atoms with Crippen molar-refractivity contribution < 1.29 is 4.79 Å². The first-order valence-corrected chi connectivity index (χ1v) is 6.66. The van der Waals surface area contributed by atoms with Crippen molar-refractivity contribution in [2.75, 3.05) is 26.2 Å². The maximum Gasteiger partial charge on any atom is 0.251 e. The summed E-state index contributed by atoms with van der Waals surface area (Å²) < 4.78 is 0. The number of nitrogens with one attached hydrogen (secondary N) is 1. The first-order valence-electron chi connectivity index (χ1n) is 6.66. The number of hydrazine groups is 1. The van der Waals surface area contributed by atoms with Crippen LogP contribution in [0.5, 0.6) is 0 Å². The van der Waals surface area contributed by atoms with Gasteiger partial charge in [0.05, 0.1) is 6.04 Å². The fraction of sp³-hybridized carbons (Fsp3) is 0.917. The highest BCUT2D eigenvalue weighted by atomic mass is 16.2. The van der Waals surface area contributed by atoms with Crippen LogP contribution in [0.1, 0.15) is 33.6 Å². The molecule has 5 heteroatoms. The predicted octanol–water partition coefficient (Wildman–Crippen LogP) is 0.171. The van der Waals surface area contributed by atoms with Crippen molar-refractivity contribution in [2.24, 2.45) is 5.84 Å². The van der Waals surface area contributed by atoms with E-state index in [-0.39, 0.29) is 11.9 Å². The number of likely N-dealkylation sites (N-methyl/N-ethyl adjacent to an activating group) is 1. The average molecular weight is 242 g/mol. The van der Waals surface area contributed by atoms with Gasteiger partial charge in [0, 0.05) is 19.1 Å². The Morgan fingerprint density at radius 3 is 2.59 bits per heavy atom. The quantitative estimate of drug-likeness (QED) is 0.396. The van der Waals surface area contributed by atoms with Gasteiger partial charge in [-0.25, -0.2) is 5.84 Å². The molecule has 0 saturated carbocycles. The molecule has 0 aromatic rings. The summed E-state index contributed by atoms with van der Waals surface area (Å²) in [7, 11) is 0. The number of likely N-dealkylation sites (tertiary alicyclic amines) is 1. The summed E-state index contributed by atoms with van der Waals surface area (Å²) in [6.45, 7) is 10.5. The Morgan fingerprint density at radius 2 is 2.12 bits per heavy atom. The molecule has 0 spiro atoms. The number of hydrogen-bond acceptors (Lipinski definition) is 4. The summed E-state index contributed by atoms with van der Waals surface area (Å²) in [6, 6.07) is 0.519. The van der Waals surface area contributed by atoms with Gasteiger partial charge in [0.1, 0.15) is 0 Å². The van der Waals surface area contributed by atoms with Crippen LogP contribution in [0.2, 0.25) is 0 Å². The second-order valence-electron chi connectivity index (χ2n) is 4.59. The van der Waals surface area contributed by atoms with Gasteiger partial charge in [-0.2, -0.15) is 0 Å². The summed E-state index contributed by atoms with van der Waals surface area (Å²) in [6.07, 6.45) is 1.96. The molecular weight excluding hydrogens is 216 g/mol. The Labute approximate surface area is 104 Å². The van der Waals surface area contributed by atoms with Crippen molar-refractivity contribution in [1.29, 1.82) is 0 Å². The van der Waals surface area contributed by atoms with E-state index in [9.17, 15) is 4.79 Å². The second-order valence-corrected chi connectivity index (χ2v) is 4.59. The third-order valence-electron chi connectivity index (χ3n) is 3.80. The van der Waals surface area contributed by atoms with Crippen LogP contribution in [0, 0.1) is 0 Å². The molecule has 3 N–H and O–H groups in total. The molecule has 2 atom stereocenters. The van der Waals surface area contributed by atoms with Crippen LogP contribution in [-0.4, -0.2) is 54.0 Å². The van der Waals surface area contributed by atoms with E-state index in [4.69, 9.17) is 5.84 Å². The molecule has 0 radical (unpaired) electrons. The van der Waals surface area contributed by atoms with E-state index in [0.29, 0.717) is 6.04 Å². The van der Waals surface area contributed by atoms with Gasteiger partial charge >= 0.3 is 0 Å². The fourth-order valence-electron chi connectivity index (χ4n) is 2.79. The summed E-state index contributed by atoms with van der Waals surface area (Å²) in [5.41, 5.74) is 2.27. The van der Waals surface area contributed by atoms with Crippen LogP contribution >= 0.6 is 0 Å². The second kappa shape index (κ2) is 6.93. The van der Waals surface area contributed by atoms with Gasteiger partial charge in [0.2, 0.25) is 0 Å². The molecule has 1 amide bonds. The van der Waals surface area contributed by atoms with Gasteiger partial charge in [0.15, 0.2) is 0 Å². The molecule has 1 aliphatic heterocycles. The highest BCUT2D eigenvalue weighted by Gasteiger charge is 2.32. The van der Waals surface area contributed by atoms with E-state index >= 15 is 0 Å². The normalized spacial score (nSPS) is 23.0. The van der Waals surface area contributed by atoms with Crippen LogP contribution in [0.3, 0.4) is 0 Å². The monoisotopic (exact) mass is 242 g/mol. The number of hydrogen-bond donors (Lipinski definition) is 2. The van der Waals surface area contributed by atoms with E-state index in [1.54, 1.807) is 0 Å². The molecule has 1 aliphatic rings. The standard InChI is InChI=1S/C12H26N4O/c1-4-11(12(17)14-13)16-8-7-10(9-16)15(5-2)6-3/h10-11H,4-9,13H2,1-3H3,(H,14,17). The van der Waals surface area contributed by atoms with Crippen molar-refractivity contribution in [1.82, 2.24) is 15.2 Å². The summed E-state index contributed by atoms with van der Waals surface area (Å²) in [5, 5.41) is 0. The van der Waals surface area contributed by atoms with Crippen LogP contribution in [-0.2, 0) is 4.79 Å². The lowest BCUT2D eigenvalue weighted by atomic mass is 10.2. The molecule has 17 heavy (non-hydrogen) atoms. The van der Waals surface area contributed by atoms with Crippen LogP contribution < -0.4 is 11.3 Å². The predicted molar refractivity (Wildman–Crippen MR) is 69.3 cm³/mol. The largest absolute Gasteiger partial charge is 0.300 e. The molecule has 1 rings (SSSR count). The number of rotatable bonds is 6. The van der Waals surface area contributed by atoms with E-state index in [2.05, 4.69) is 29.1 Å². The summed E-state index contributed by atoms with van der Waals surface area (Å²) in [4.78, 5) is 16.4. The average Bonchev–Trinajstić information content (AvgIpc) is 2.81. The molecule has 1 heterocycles. The minimum absolute atomic E-state index is 0.0623. The maximum atomic E-state index is 11.7. The first-order chi connectivity index (χ1) is 8.17.